The molecular formula is C15H18N4O3. The van der Waals surface area contributed by atoms with Crippen molar-refractivity contribution in [3.05, 3.63) is 40.9 Å². The van der Waals surface area contributed by atoms with Crippen LogP contribution in [0.1, 0.15) is 12.8 Å². The van der Waals surface area contributed by atoms with Gasteiger partial charge in [0.15, 0.2) is 0 Å². The van der Waals surface area contributed by atoms with E-state index in [4.69, 9.17) is 0 Å². The zero-order valence-corrected chi connectivity index (χ0v) is 12.3. The van der Waals surface area contributed by atoms with Crippen LogP contribution < -0.4 is 16.2 Å². The number of carbonyl (C=O) groups is 2. The molecule has 0 unspecified atom stereocenters. The number of fused-ring (bicyclic) bond motifs is 1. The molecular weight excluding hydrogens is 284 g/mol. The van der Waals surface area contributed by atoms with E-state index in [1.165, 1.54) is 17.9 Å². The minimum absolute atomic E-state index is 0.0349. The molecule has 0 aliphatic rings. The number of nitrogens with one attached hydrogen (secondary N) is 2. The van der Waals surface area contributed by atoms with E-state index in [0.717, 1.165) is 0 Å². The summed E-state index contributed by atoms with van der Waals surface area (Å²) in [6.45, 7) is 0.372. The van der Waals surface area contributed by atoms with Crippen LogP contribution in [0.15, 0.2) is 35.4 Å². The minimum Gasteiger partial charge on any atom is -0.358 e. The summed E-state index contributed by atoms with van der Waals surface area (Å²) in [7, 11) is 1.51. The summed E-state index contributed by atoms with van der Waals surface area (Å²) in [5.41, 5.74) is 0.545. The van der Waals surface area contributed by atoms with Crippen LogP contribution in [0, 0.1) is 0 Å². The van der Waals surface area contributed by atoms with E-state index in [2.05, 4.69) is 15.6 Å². The Labute approximate surface area is 127 Å². The Bertz CT molecular complexity index is 739. The van der Waals surface area contributed by atoms with Crippen LogP contribution >= 0.6 is 0 Å². The molecule has 2 rings (SSSR count). The maximum Gasteiger partial charge on any atom is 0.261 e. The highest BCUT2D eigenvalue weighted by Gasteiger charge is 2.06. The van der Waals surface area contributed by atoms with Crippen LogP contribution in [0.5, 0.6) is 0 Å². The van der Waals surface area contributed by atoms with Gasteiger partial charge in [-0.1, -0.05) is 12.1 Å². The number of nitrogens with zero attached hydrogens (tertiary/aromatic N) is 2. The summed E-state index contributed by atoms with van der Waals surface area (Å²) in [6.07, 6.45) is 2.24. The maximum absolute atomic E-state index is 12.2. The molecule has 2 N–H and O–H groups in total. The molecule has 0 spiro atoms. The van der Waals surface area contributed by atoms with Crippen molar-refractivity contribution in [3.8, 4) is 0 Å². The van der Waals surface area contributed by atoms with E-state index in [0.29, 0.717) is 23.9 Å². The van der Waals surface area contributed by atoms with E-state index in [1.54, 1.807) is 18.2 Å². The number of amides is 2. The van der Waals surface area contributed by atoms with Gasteiger partial charge in [0.1, 0.15) is 0 Å². The van der Waals surface area contributed by atoms with Gasteiger partial charge in [0.05, 0.1) is 23.8 Å². The number of para-hydroxylation sites is 1. The number of carbonyl (C=O) groups excluding carboxylic acids is 2. The Morgan fingerprint density at radius 3 is 2.77 bits per heavy atom. The lowest BCUT2D eigenvalue weighted by Crippen LogP contribution is -2.35. The monoisotopic (exact) mass is 302 g/mol. The van der Waals surface area contributed by atoms with E-state index < -0.39 is 0 Å². The van der Waals surface area contributed by atoms with E-state index in [9.17, 15) is 14.4 Å². The fraction of sp³-hybridized carbons (Fsp3) is 0.333. The lowest BCUT2D eigenvalue weighted by atomic mass is 10.2. The normalized spacial score (nSPS) is 10.4. The predicted octanol–water partition coefficient (Wildman–Crippen LogP) is 0.0389. The summed E-state index contributed by atoms with van der Waals surface area (Å²) in [5.74, 6) is -0.464. The Hall–Kier alpha value is -2.70. The summed E-state index contributed by atoms with van der Waals surface area (Å²) in [6, 6.07) is 7.14. The summed E-state index contributed by atoms with van der Waals surface area (Å²) < 4.78 is 1.49. The quantitative estimate of drug-likeness (QED) is 0.788. The molecule has 1 aromatic carbocycles. The zero-order valence-electron chi connectivity index (χ0n) is 12.3. The van der Waals surface area contributed by atoms with Crippen molar-refractivity contribution < 1.29 is 9.59 Å². The topological polar surface area (TPSA) is 93.1 Å². The van der Waals surface area contributed by atoms with Crippen LogP contribution in [0.25, 0.3) is 10.9 Å². The third kappa shape index (κ3) is 3.91. The van der Waals surface area contributed by atoms with Gasteiger partial charge in [-0.2, -0.15) is 0 Å². The SMILES string of the molecule is CNC(=O)CNC(=O)CCCn1cnc2ccccc2c1=O. The fourth-order valence-corrected chi connectivity index (χ4v) is 2.03. The van der Waals surface area contributed by atoms with Crippen LogP contribution in [-0.2, 0) is 16.1 Å². The molecule has 7 heteroatoms. The third-order valence-corrected chi connectivity index (χ3v) is 3.26. The van der Waals surface area contributed by atoms with E-state index >= 15 is 0 Å². The zero-order chi connectivity index (χ0) is 15.9. The first-order valence-electron chi connectivity index (χ1n) is 7.03. The molecule has 0 saturated heterocycles. The van der Waals surface area contributed by atoms with E-state index in [-0.39, 0.29) is 30.3 Å². The number of hydrogen-bond donors (Lipinski definition) is 2. The smallest absolute Gasteiger partial charge is 0.261 e. The molecule has 22 heavy (non-hydrogen) atoms. The molecule has 0 atom stereocenters. The predicted molar refractivity (Wildman–Crippen MR) is 82.3 cm³/mol. The molecule has 0 aliphatic heterocycles. The van der Waals surface area contributed by atoms with Crippen molar-refractivity contribution in [1.82, 2.24) is 20.2 Å². The van der Waals surface area contributed by atoms with Crippen molar-refractivity contribution in [2.75, 3.05) is 13.6 Å². The Morgan fingerprint density at radius 2 is 2.00 bits per heavy atom. The second-order valence-electron chi connectivity index (χ2n) is 4.81. The van der Waals surface area contributed by atoms with Gasteiger partial charge in [0, 0.05) is 20.0 Å². The van der Waals surface area contributed by atoms with Crippen LogP contribution in [0.4, 0.5) is 0 Å². The third-order valence-electron chi connectivity index (χ3n) is 3.26. The Balaban J connectivity index is 1.90. The van der Waals surface area contributed by atoms with Crippen molar-refractivity contribution >= 4 is 22.7 Å². The largest absolute Gasteiger partial charge is 0.358 e. The first-order valence-corrected chi connectivity index (χ1v) is 7.03. The number of rotatable bonds is 6. The van der Waals surface area contributed by atoms with Gasteiger partial charge in [0.2, 0.25) is 11.8 Å². The summed E-state index contributed by atoms with van der Waals surface area (Å²) >= 11 is 0. The molecule has 0 aliphatic carbocycles. The molecule has 0 bridgehead atoms. The van der Waals surface area contributed by atoms with Crippen LogP contribution in [0.2, 0.25) is 0 Å². The minimum atomic E-state index is -0.247. The number of aromatic nitrogens is 2. The molecule has 2 aromatic rings. The second kappa shape index (κ2) is 7.35. The molecule has 1 heterocycles. The molecule has 0 fully saturated rings. The first-order chi connectivity index (χ1) is 10.6. The Kier molecular flexibility index (Phi) is 5.24. The molecule has 116 valence electrons. The summed E-state index contributed by atoms with van der Waals surface area (Å²) in [4.78, 5) is 39.0. The lowest BCUT2D eigenvalue weighted by Gasteiger charge is -2.07. The van der Waals surface area contributed by atoms with Gasteiger partial charge in [-0.3, -0.25) is 19.0 Å². The average molecular weight is 302 g/mol. The van der Waals surface area contributed by atoms with E-state index in [1.807, 2.05) is 6.07 Å². The number of likely N-dealkylation sites (N-methyl/N-ethyl adjacent to an activating group) is 1. The van der Waals surface area contributed by atoms with Gasteiger partial charge in [-0.15, -0.1) is 0 Å². The molecule has 0 saturated carbocycles. The van der Waals surface area contributed by atoms with Gasteiger partial charge < -0.3 is 10.6 Å². The highest BCUT2D eigenvalue weighted by Crippen LogP contribution is 2.05. The van der Waals surface area contributed by atoms with Crippen molar-refractivity contribution in [2.45, 2.75) is 19.4 Å². The summed E-state index contributed by atoms with van der Waals surface area (Å²) in [5, 5.41) is 5.49. The van der Waals surface area contributed by atoms with Gasteiger partial charge in [-0.05, 0) is 18.6 Å². The lowest BCUT2D eigenvalue weighted by molar-refractivity contribution is -0.125. The van der Waals surface area contributed by atoms with Crippen molar-refractivity contribution in [3.63, 3.8) is 0 Å². The van der Waals surface area contributed by atoms with Crippen molar-refractivity contribution in [1.29, 1.82) is 0 Å². The second-order valence-corrected chi connectivity index (χ2v) is 4.81. The van der Waals surface area contributed by atoms with Crippen molar-refractivity contribution in [2.24, 2.45) is 0 Å². The maximum atomic E-state index is 12.2. The number of aryl methyl sites for hydroxylation is 1. The highest BCUT2D eigenvalue weighted by molar-refractivity contribution is 5.84. The highest BCUT2D eigenvalue weighted by atomic mass is 16.2. The number of benzene rings is 1. The Morgan fingerprint density at radius 1 is 1.23 bits per heavy atom. The first kappa shape index (κ1) is 15.7. The number of hydrogen-bond acceptors (Lipinski definition) is 4. The molecule has 1 aromatic heterocycles. The van der Waals surface area contributed by atoms with Gasteiger partial charge in [-0.25, -0.2) is 4.98 Å². The molecule has 2 amide bonds. The van der Waals surface area contributed by atoms with Gasteiger partial charge >= 0.3 is 0 Å². The van der Waals surface area contributed by atoms with Crippen LogP contribution in [-0.4, -0.2) is 35.0 Å². The molecule has 0 radical (unpaired) electrons. The average Bonchev–Trinajstić information content (AvgIpc) is 2.55. The molecule has 7 nitrogen and oxygen atoms in total. The fourth-order valence-electron chi connectivity index (χ4n) is 2.03. The van der Waals surface area contributed by atoms with Gasteiger partial charge in [0.25, 0.3) is 5.56 Å². The standard InChI is InChI=1S/C15H18N4O3/c1-16-14(21)9-17-13(20)7-4-8-19-10-18-12-6-3-2-5-11(12)15(19)22/h2-3,5-6,10H,4,7-9H2,1H3,(H,16,21)(H,17,20). The van der Waals surface area contributed by atoms with Crippen LogP contribution in [0.3, 0.4) is 0 Å².